The van der Waals surface area contributed by atoms with E-state index in [1.807, 2.05) is 14.1 Å². The number of nitrogens with two attached hydrogens (primary N) is 1. The van der Waals surface area contributed by atoms with E-state index in [0.29, 0.717) is 12.2 Å². The summed E-state index contributed by atoms with van der Waals surface area (Å²) in [5.74, 6) is -1.31. The predicted octanol–water partition coefficient (Wildman–Crippen LogP) is 1.93. The first-order chi connectivity index (χ1) is 7.91. The molecule has 0 aliphatic rings. The lowest BCUT2D eigenvalue weighted by Gasteiger charge is -2.22. The molecule has 0 aromatic heterocycles. The maximum Gasteiger partial charge on any atom is 0.151 e. The van der Waals surface area contributed by atoms with Crippen molar-refractivity contribution in [2.45, 2.75) is 6.42 Å². The van der Waals surface area contributed by atoms with Crippen molar-refractivity contribution >= 4 is 11.4 Å². The van der Waals surface area contributed by atoms with Gasteiger partial charge < -0.3 is 15.5 Å². The minimum Gasteiger partial charge on any atom is -0.395 e. The van der Waals surface area contributed by atoms with Crippen LogP contribution in [0.5, 0.6) is 0 Å². The lowest BCUT2D eigenvalue weighted by atomic mass is 10.2. The molecule has 3 nitrogen and oxygen atoms in total. The topological polar surface area (TPSA) is 32.5 Å². The second kappa shape index (κ2) is 5.82. The summed E-state index contributed by atoms with van der Waals surface area (Å²) in [6.07, 6.45) is 0.904. The summed E-state index contributed by atoms with van der Waals surface area (Å²) in [6.45, 7) is 1.62. The van der Waals surface area contributed by atoms with Crippen LogP contribution < -0.4 is 10.6 Å². The molecule has 0 saturated carbocycles. The van der Waals surface area contributed by atoms with Crippen molar-refractivity contribution in [1.82, 2.24) is 4.90 Å². The van der Waals surface area contributed by atoms with Crippen LogP contribution in [0.2, 0.25) is 0 Å². The van der Waals surface area contributed by atoms with E-state index in [9.17, 15) is 8.78 Å². The van der Waals surface area contributed by atoms with Gasteiger partial charge >= 0.3 is 0 Å². The molecule has 96 valence electrons. The second-order valence-corrected chi connectivity index (χ2v) is 4.40. The molecule has 0 spiro atoms. The van der Waals surface area contributed by atoms with Crippen molar-refractivity contribution in [3.05, 3.63) is 23.8 Å². The van der Waals surface area contributed by atoms with Gasteiger partial charge in [-0.1, -0.05) is 0 Å². The highest BCUT2D eigenvalue weighted by Crippen LogP contribution is 2.26. The van der Waals surface area contributed by atoms with Crippen LogP contribution in [0.1, 0.15) is 6.42 Å². The van der Waals surface area contributed by atoms with Gasteiger partial charge in [-0.25, -0.2) is 8.78 Å². The van der Waals surface area contributed by atoms with Crippen molar-refractivity contribution in [2.75, 3.05) is 44.9 Å². The number of benzene rings is 1. The molecular formula is C12H19F2N3. The third-order valence-electron chi connectivity index (χ3n) is 2.58. The van der Waals surface area contributed by atoms with E-state index in [1.165, 1.54) is 6.07 Å². The fourth-order valence-corrected chi connectivity index (χ4v) is 1.63. The zero-order chi connectivity index (χ0) is 13.0. The monoisotopic (exact) mass is 243 g/mol. The van der Waals surface area contributed by atoms with Crippen LogP contribution in [-0.2, 0) is 0 Å². The molecule has 0 atom stereocenters. The Hall–Kier alpha value is -1.36. The van der Waals surface area contributed by atoms with Gasteiger partial charge in [-0.05, 0) is 33.1 Å². The molecule has 1 rings (SSSR count). The van der Waals surface area contributed by atoms with E-state index in [4.69, 9.17) is 5.73 Å². The van der Waals surface area contributed by atoms with Crippen LogP contribution in [0.15, 0.2) is 12.1 Å². The van der Waals surface area contributed by atoms with E-state index in [1.54, 1.807) is 11.9 Å². The minimum absolute atomic E-state index is 0.00115. The molecule has 17 heavy (non-hydrogen) atoms. The lowest BCUT2D eigenvalue weighted by molar-refractivity contribution is 0.401. The Morgan fingerprint density at radius 3 is 2.35 bits per heavy atom. The first-order valence-corrected chi connectivity index (χ1v) is 5.52. The van der Waals surface area contributed by atoms with E-state index >= 15 is 0 Å². The smallest absolute Gasteiger partial charge is 0.151 e. The van der Waals surface area contributed by atoms with Crippen LogP contribution in [0.25, 0.3) is 0 Å². The Labute approximate surface area is 101 Å². The summed E-state index contributed by atoms with van der Waals surface area (Å²) in [5.41, 5.74) is 5.99. The van der Waals surface area contributed by atoms with Gasteiger partial charge in [0.05, 0.1) is 11.4 Å². The summed E-state index contributed by atoms with van der Waals surface area (Å²) in [6, 6.07) is 2.06. The zero-order valence-electron chi connectivity index (χ0n) is 10.5. The average molecular weight is 243 g/mol. The molecule has 0 heterocycles. The van der Waals surface area contributed by atoms with Crippen molar-refractivity contribution in [2.24, 2.45) is 0 Å². The lowest BCUT2D eigenvalue weighted by Crippen LogP contribution is -2.24. The summed E-state index contributed by atoms with van der Waals surface area (Å²) >= 11 is 0. The second-order valence-electron chi connectivity index (χ2n) is 4.40. The Bertz CT molecular complexity index is 380. The first-order valence-electron chi connectivity index (χ1n) is 5.52. The van der Waals surface area contributed by atoms with Gasteiger partial charge in [0.1, 0.15) is 5.82 Å². The Morgan fingerprint density at radius 2 is 1.76 bits per heavy atom. The number of nitrogen functional groups attached to an aromatic ring is 1. The SMILES string of the molecule is CN(C)CCCN(C)c1cc(F)cc(F)c1N. The molecular weight excluding hydrogens is 224 g/mol. The number of anilines is 2. The van der Waals surface area contributed by atoms with Crippen molar-refractivity contribution < 1.29 is 8.78 Å². The average Bonchev–Trinajstić information content (AvgIpc) is 2.22. The molecule has 2 N–H and O–H groups in total. The largest absolute Gasteiger partial charge is 0.395 e. The Kier molecular flexibility index (Phi) is 4.69. The molecule has 0 bridgehead atoms. The van der Waals surface area contributed by atoms with E-state index in [2.05, 4.69) is 4.90 Å². The molecule has 0 saturated heterocycles. The minimum atomic E-state index is -0.709. The number of hydrogen-bond acceptors (Lipinski definition) is 3. The molecule has 5 heteroatoms. The van der Waals surface area contributed by atoms with Gasteiger partial charge in [0.25, 0.3) is 0 Å². The van der Waals surface area contributed by atoms with Gasteiger partial charge in [0.15, 0.2) is 5.82 Å². The third kappa shape index (κ3) is 3.85. The van der Waals surface area contributed by atoms with E-state index < -0.39 is 11.6 Å². The van der Waals surface area contributed by atoms with Crippen molar-refractivity contribution in [3.8, 4) is 0 Å². The molecule has 0 unspecified atom stereocenters. The number of rotatable bonds is 5. The van der Waals surface area contributed by atoms with Crippen molar-refractivity contribution in [1.29, 1.82) is 0 Å². The summed E-state index contributed by atoms with van der Waals surface area (Å²) in [4.78, 5) is 3.83. The highest BCUT2D eigenvalue weighted by atomic mass is 19.1. The normalized spacial score (nSPS) is 10.9. The van der Waals surface area contributed by atoms with Crippen LogP contribution >= 0.6 is 0 Å². The fourth-order valence-electron chi connectivity index (χ4n) is 1.63. The zero-order valence-corrected chi connectivity index (χ0v) is 10.5. The molecule has 0 amide bonds. The summed E-state index contributed by atoms with van der Waals surface area (Å²) in [5, 5.41) is 0. The van der Waals surface area contributed by atoms with Gasteiger partial charge in [0.2, 0.25) is 0 Å². The first kappa shape index (κ1) is 13.7. The van der Waals surface area contributed by atoms with E-state index in [0.717, 1.165) is 19.0 Å². The number of hydrogen-bond donors (Lipinski definition) is 1. The number of halogens is 2. The van der Waals surface area contributed by atoms with Gasteiger partial charge in [-0.3, -0.25) is 0 Å². The molecule has 1 aromatic rings. The summed E-state index contributed by atoms with van der Waals surface area (Å²) in [7, 11) is 5.74. The highest BCUT2D eigenvalue weighted by molar-refractivity contribution is 5.67. The molecule has 1 aromatic carbocycles. The highest BCUT2D eigenvalue weighted by Gasteiger charge is 2.11. The van der Waals surface area contributed by atoms with E-state index in [-0.39, 0.29) is 5.69 Å². The van der Waals surface area contributed by atoms with Crippen LogP contribution in [0, 0.1) is 11.6 Å². The predicted molar refractivity (Wildman–Crippen MR) is 67.2 cm³/mol. The molecule has 0 radical (unpaired) electrons. The molecule has 0 aliphatic heterocycles. The molecule has 0 fully saturated rings. The van der Waals surface area contributed by atoms with Gasteiger partial charge in [0, 0.05) is 19.7 Å². The summed E-state index contributed by atoms with van der Waals surface area (Å²) < 4.78 is 26.3. The Morgan fingerprint density at radius 1 is 1.12 bits per heavy atom. The van der Waals surface area contributed by atoms with Gasteiger partial charge in [-0.2, -0.15) is 0 Å². The van der Waals surface area contributed by atoms with Crippen molar-refractivity contribution in [3.63, 3.8) is 0 Å². The van der Waals surface area contributed by atoms with Gasteiger partial charge in [-0.15, -0.1) is 0 Å². The van der Waals surface area contributed by atoms with Crippen LogP contribution in [0.4, 0.5) is 20.2 Å². The standard InChI is InChI=1S/C12H19F2N3/c1-16(2)5-4-6-17(3)11-8-9(13)7-10(14)12(11)15/h7-8H,4-6,15H2,1-3H3. The number of nitrogens with zero attached hydrogens (tertiary/aromatic N) is 2. The molecule has 0 aliphatic carbocycles. The quantitative estimate of drug-likeness (QED) is 0.802. The third-order valence-corrected chi connectivity index (χ3v) is 2.58. The van der Waals surface area contributed by atoms with Crippen LogP contribution in [-0.4, -0.2) is 39.1 Å². The maximum absolute atomic E-state index is 13.3. The Balaban J connectivity index is 2.71. The maximum atomic E-state index is 13.3. The van der Waals surface area contributed by atoms with Crippen LogP contribution in [0.3, 0.4) is 0 Å². The fraction of sp³-hybridized carbons (Fsp3) is 0.500.